The van der Waals surface area contributed by atoms with Crippen molar-refractivity contribution in [1.82, 2.24) is 0 Å². The molecular weight excluding hydrogens is 492 g/mol. The van der Waals surface area contributed by atoms with E-state index in [4.69, 9.17) is 18.6 Å². The molecule has 4 N–H and O–H groups in total. The van der Waals surface area contributed by atoms with Crippen molar-refractivity contribution in [3.8, 4) is 40.2 Å². The van der Waals surface area contributed by atoms with E-state index in [9.17, 15) is 25.2 Å². The van der Waals surface area contributed by atoms with Gasteiger partial charge in [-0.05, 0) is 11.6 Å². The molecule has 38 heavy (non-hydrogen) atoms. The molecule has 0 radical (unpaired) electrons. The molecule has 0 spiro atoms. The van der Waals surface area contributed by atoms with E-state index in [2.05, 4.69) is 0 Å². The molecule has 194 valence electrons. The molecule has 9 heteroatoms. The molecule has 9 nitrogen and oxygen atoms in total. The second kappa shape index (κ2) is 9.44. The molecule has 4 aromatic carbocycles. The van der Waals surface area contributed by atoms with Crippen LogP contribution in [0.25, 0.3) is 21.9 Å². The Hall–Kier alpha value is -5.05. The summed E-state index contributed by atoms with van der Waals surface area (Å²) in [5.74, 6) is -1.30. The Labute approximate surface area is 216 Å². The van der Waals surface area contributed by atoms with Gasteiger partial charge in [0.2, 0.25) is 5.43 Å². The predicted molar refractivity (Wildman–Crippen MR) is 140 cm³/mol. The average Bonchev–Trinajstić information content (AvgIpc) is 2.90. The fourth-order valence-electron chi connectivity index (χ4n) is 4.81. The highest BCUT2D eigenvalue weighted by Gasteiger charge is 2.31. The van der Waals surface area contributed by atoms with Crippen molar-refractivity contribution in [3.05, 3.63) is 87.6 Å². The number of benzene rings is 4. The largest absolute Gasteiger partial charge is 0.508 e. The van der Waals surface area contributed by atoms with E-state index in [1.54, 1.807) is 12.1 Å². The van der Waals surface area contributed by atoms with Crippen molar-refractivity contribution < 1.29 is 39.1 Å². The summed E-state index contributed by atoms with van der Waals surface area (Å²) >= 11 is 0. The van der Waals surface area contributed by atoms with Gasteiger partial charge in [0, 0.05) is 41.3 Å². The molecule has 0 aliphatic carbocycles. The summed E-state index contributed by atoms with van der Waals surface area (Å²) in [5, 5.41) is 41.9. The molecule has 0 saturated carbocycles. The molecule has 0 aliphatic rings. The van der Waals surface area contributed by atoms with Gasteiger partial charge >= 0.3 is 0 Å². The van der Waals surface area contributed by atoms with Crippen molar-refractivity contribution in [2.45, 2.75) is 5.92 Å². The zero-order valence-electron chi connectivity index (χ0n) is 20.7. The minimum atomic E-state index is -0.791. The van der Waals surface area contributed by atoms with Crippen LogP contribution in [0.3, 0.4) is 0 Å². The summed E-state index contributed by atoms with van der Waals surface area (Å²) < 4.78 is 22.7. The molecule has 0 amide bonds. The smallest absolute Gasteiger partial charge is 0.208 e. The van der Waals surface area contributed by atoms with E-state index in [1.807, 2.05) is 30.3 Å². The van der Waals surface area contributed by atoms with Gasteiger partial charge in [0.05, 0.1) is 21.3 Å². The maximum absolute atomic E-state index is 13.5. The van der Waals surface area contributed by atoms with E-state index >= 15 is 0 Å². The monoisotopic (exact) mass is 516 g/mol. The number of phenolic OH excluding ortho intramolecular Hbond substituents is 4. The summed E-state index contributed by atoms with van der Waals surface area (Å²) in [7, 11) is 4.47. The second-order valence-electron chi connectivity index (χ2n) is 8.59. The number of fused-ring (bicyclic) bond motifs is 2. The maximum Gasteiger partial charge on any atom is 0.208 e. The maximum atomic E-state index is 13.5. The normalized spacial score (nSPS) is 12.0. The molecule has 1 atom stereocenters. The second-order valence-corrected chi connectivity index (χ2v) is 8.59. The topological polar surface area (TPSA) is 139 Å². The Bertz CT molecular complexity index is 1740. The first kappa shape index (κ1) is 24.6. The van der Waals surface area contributed by atoms with Crippen LogP contribution in [0.4, 0.5) is 0 Å². The van der Waals surface area contributed by atoms with Gasteiger partial charge in [0.15, 0.2) is 11.5 Å². The number of phenols is 4. The van der Waals surface area contributed by atoms with Gasteiger partial charge in [0.1, 0.15) is 50.7 Å². The van der Waals surface area contributed by atoms with Crippen LogP contribution in [0, 0.1) is 0 Å². The molecule has 1 aromatic heterocycles. The van der Waals surface area contributed by atoms with Gasteiger partial charge in [0.25, 0.3) is 0 Å². The molecule has 0 bridgehead atoms. The summed E-state index contributed by atoms with van der Waals surface area (Å²) in [6.45, 7) is 0. The van der Waals surface area contributed by atoms with Crippen molar-refractivity contribution in [1.29, 1.82) is 0 Å². The van der Waals surface area contributed by atoms with Crippen LogP contribution >= 0.6 is 0 Å². The lowest BCUT2D eigenvalue weighted by molar-refractivity contribution is 0.347. The molecule has 0 aliphatic heterocycles. The Kier molecular flexibility index (Phi) is 6.12. The summed E-state index contributed by atoms with van der Waals surface area (Å²) in [4.78, 5) is 13.5. The first-order valence-electron chi connectivity index (χ1n) is 11.5. The Morgan fingerprint density at radius 3 is 2.00 bits per heavy atom. The number of methoxy groups -OCH3 is 3. The van der Waals surface area contributed by atoms with Crippen LogP contribution in [-0.4, -0.2) is 41.8 Å². The number of rotatable bonds is 6. The summed E-state index contributed by atoms with van der Waals surface area (Å²) in [6.07, 6.45) is 0. The third-order valence-corrected chi connectivity index (χ3v) is 6.48. The van der Waals surface area contributed by atoms with Crippen LogP contribution in [0.5, 0.6) is 40.2 Å². The molecule has 5 rings (SSSR count). The van der Waals surface area contributed by atoms with Crippen molar-refractivity contribution in [2.75, 3.05) is 21.3 Å². The lowest BCUT2D eigenvalue weighted by atomic mass is 9.82. The van der Waals surface area contributed by atoms with Crippen LogP contribution in [0.2, 0.25) is 0 Å². The molecule has 1 unspecified atom stereocenters. The fourth-order valence-corrected chi connectivity index (χ4v) is 4.81. The quantitative estimate of drug-likeness (QED) is 0.182. The Morgan fingerprint density at radius 2 is 1.34 bits per heavy atom. The first-order chi connectivity index (χ1) is 18.3. The van der Waals surface area contributed by atoms with Crippen LogP contribution in [-0.2, 0) is 0 Å². The number of ether oxygens (including phenoxy) is 3. The third-order valence-electron chi connectivity index (χ3n) is 6.48. The van der Waals surface area contributed by atoms with Gasteiger partial charge in [-0.15, -0.1) is 0 Å². The van der Waals surface area contributed by atoms with Crippen molar-refractivity contribution in [2.24, 2.45) is 0 Å². The lowest BCUT2D eigenvalue weighted by Crippen LogP contribution is -2.10. The van der Waals surface area contributed by atoms with Gasteiger partial charge in [-0.1, -0.05) is 30.3 Å². The van der Waals surface area contributed by atoms with Crippen molar-refractivity contribution >= 4 is 21.9 Å². The number of hydrogen-bond acceptors (Lipinski definition) is 9. The van der Waals surface area contributed by atoms with Gasteiger partial charge in [-0.2, -0.15) is 0 Å². The highest BCUT2D eigenvalue weighted by molar-refractivity contribution is 5.99. The SMILES string of the molecule is COc1cc(OC)c(C(c2ccccc2)c2c(O)cc(O)c3c(=O)c4c(O)cc(O)cc4oc23)cc1OC. The zero-order valence-corrected chi connectivity index (χ0v) is 20.7. The number of hydrogen-bond donors (Lipinski definition) is 4. The molecule has 5 aromatic rings. The average molecular weight is 517 g/mol. The van der Waals surface area contributed by atoms with E-state index in [0.29, 0.717) is 28.4 Å². The lowest BCUT2D eigenvalue weighted by Gasteiger charge is -2.24. The van der Waals surface area contributed by atoms with E-state index < -0.39 is 22.8 Å². The predicted octanol–water partition coefficient (Wildman–Crippen LogP) is 4.97. The summed E-state index contributed by atoms with van der Waals surface area (Å²) in [5.41, 5.74) is 0.398. The van der Waals surface area contributed by atoms with Gasteiger partial charge in [-0.25, -0.2) is 0 Å². The molecule has 0 fully saturated rings. The van der Waals surface area contributed by atoms with Crippen LogP contribution < -0.4 is 19.6 Å². The van der Waals surface area contributed by atoms with E-state index in [0.717, 1.165) is 12.1 Å². The molecule has 0 saturated heterocycles. The van der Waals surface area contributed by atoms with Crippen molar-refractivity contribution in [3.63, 3.8) is 0 Å². The van der Waals surface area contributed by atoms with Crippen LogP contribution in [0.1, 0.15) is 22.6 Å². The third kappa shape index (κ3) is 3.85. The van der Waals surface area contributed by atoms with Crippen LogP contribution in [0.15, 0.2) is 69.9 Å². The van der Waals surface area contributed by atoms with E-state index in [1.165, 1.54) is 27.4 Å². The molecule has 1 heterocycles. The highest BCUT2D eigenvalue weighted by atomic mass is 16.5. The molecular formula is C29H24O9. The highest BCUT2D eigenvalue weighted by Crippen LogP contribution is 2.49. The Morgan fingerprint density at radius 1 is 0.711 bits per heavy atom. The fraction of sp³-hybridized carbons (Fsp3) is 0.138. The van der Waals surface area contributed by atoms with E-state index in [-0.39, 0.29) is 39.0 Å². The van der Waals surface area contributed by atoms with Gasteiger partial charge < -0.3 is 39.1 Å². The summed E-state index contributed by atoms with van der Waals surface area (Å²) in [6, 6.07) is 15.7. The standard InChI is InChI=1S/C29H24O9/c1-35-20-13-22(37-3)21(36-2)11-16(20)24(14-7-5-4-6-8-14)26-18(32)12-19(33)27-28(34)25-17(31)9-15(30)10-23(25)38-29(26)27/h4-13,24,30-33H,1-3H3. The number of aromatic hydroxyl groups is 4. The van der Waals surface area contributed by atoms with Gasteiger partial charge in [-0.3, -0.25) is 4.79 Å². The first-order valence-corrected chi connectivity index (χ1v) is 11.5. The zero-order chi connectivity index (χ0) is 27.1. The Balaban J connectivity index is 1.96. The minimum Gasteiger partial charge on any atom is -0.508 e. The minimum absolute atomic E-state index is 0.127.